The first-order valence-corrected chi connectivity index (χ1v) is 8.19. The third-order valence-electron chi connectivity index (χ3n) is 3.72. The molecule has 1 aromatic carbocycles. The van der Waals surface area contributed by atoms with Gasteiger partial charge in [0.1, 0.15) is 5.60 Å². The highest BCUT2D eigenvalue weighted by Gasteiger charge is 2.31. The van der Waals surface area contributed by atoms with Crippen LogP contribution in [0.25, 0.3) is 0 Å². The summed E-state index contributed by atoms with van der Waals surface area (Å²) in [6, 6.07) is 8.34. The van der Waals surface area contributed by atoms with Gasteiger partial charge in [-0.25, -0.2) is 4.79 Å². The Morgan fingerprint density at radius 1 is 1.30 bits per heavy atom. The number of benzene rings is 1. The molecule has 0 saturated heterocycles. The highest BCUT2D eigenvalue weighted by molar-refractivity contribution is 5.68. The molecule has 1 aliphatic carbocycles. The number of carbonyl (C=O) groups is 1. The second kappa shape index (κ2) is 7.68. The van der Waals surface area contributed by atoms with Crippen LogP contribution >= 0.6 is 0 Å². The van der Waals surface area contributed by atoms with Crippen molar-refractivity contribution in [2.45, 2.75) is 51.8 Å². The Balaban J connectivity index is 1.95. The van der Waals surface area contributed by atoms with Crippen molar-refractivity contribution in [1.82, 2.24) is 5.32 Å². The Hall–Kier alpha value is -1.75. The number of carbonyl (C=O) groups excluding carboxylic acids is 1. The van der Waals surface area contributed by atoms with Crippen molar-refractivity contribution in [3.8, 4) is 0 Å². The van der Waals surface area contributed by atoms with E-state index in [4.69, 9.17) is 9.47 Å². The Morgan fingerprint density at radius 2 is 2.00 bits per heavy atom. The molecule has 0 spiro atoms. The van der Waals surface area contributed by atoms with E-state index in [1.807, 2.05) is 45.0 Å². The Morgan fingerprint density at radius 3 is 2.61 bits per heavy atom. The summed E-state index contributed by atoms with van der Waals surface area (Å²) in [7, 11) is 1.73. The van der Waals surface area contributed by atoms with E-state index in [0.717, 1.165) is 11.3 Å². The monoisotopic (exact) mass is 320 g/mol. The third kappa shape index (κ3) is 6.10. The van der Waals surface area contributed by atoms with Gasteiger partial charge in [0.2, 0.25) is 0 Å². The van der Waals surface area contributed by atoms with Crippen molar-refractivity contribution in [3.05, 3.63) is 29.8 Å². The van der Waals surface area contributed by atoms with Crippen LogP contribution < -0.4 is 10.6 Å². The molecular weight excluding hydrogens is 292 g/mol. The zero-order valence-electron chi connectivity index (χ0n) is 14.5. The maximum atomic E-state index is 11.8. The smallest absolute Gasteiger partial charge is 0.407 e. The lowest BCUT2D eigenvalue weighted by Crippen LogP contribution is -2.32. The molecule has 1 atom stereocenters. The van der Waals surface area contributed by atoms with Crippen molar-refractivity contribution in [2.24, 2.45) is 5.92 Å². The summed E-state index contributed by atoms with van der Waals surface area (Å²) in [5.74, 6) is 0.682. The molecule has 5 nitrogen and oxygen atoms in total. The number of amides is 1. The lowest BCUT2D eigenvalue weighted by atomic mass is 10.1. The molecule has 0 bridgehead atoms. The Kier molecular flexibility index (Phi) is 5.88. The number of hydrogen-bond donors (Lipinski definition) is 2. The van der Waals surface area contributed by atoms with Gasteiger partial charge < -0.3 is 20.1 Å². The van der Waals surface area contributed by atoms with Gasteiger partial charge in [-0.2, -0.15) is 0 Å². The van der Waals surface area contributed by atoms with Gasteiger partial charge in [0.25, 0.3) is 0 Å². The SMILES string of the molecule is COCC(Nc1ccccc1CNC(=O)OC(C)(C)C)C1CC1. The van der Waals surface area contributed by atoms with Gasteiger partial charge in [0.15, 0.2) is 0 Å². The van der Waals surface area contributed by atoms with E-state index in [0.29, 0.717) is 25.1 Å². The van der Waals surface area contributed by atoms with E-state index in [1.54, 1.807) is 7.11 Å². The number of ether oxygens (including phenoxy) is 2. The number of nitrogens with one attached hydrogen (secondary N) is 2. The summed E-state index contributed by atoms with van der Waals surface area (Å²) in [5, 5.41) is 6.38. The fourth-order valence-electron chi connectivity index (χ4n) is 2.47. The van der Waals surface area contributed by atoms with E-state index in [-0.39, 0.29) is 0 Å². The molecular formula is C18H28N2O3. The molecule has 0 aliphatic heterocycles. The Bertz CT molecular complexity index is 521. The van der Waals surface area contributed by atoms with Crippen LogP contribution in [0, 0.1) is 5.92 Å². The fourth-order valence-corrected chi connectivity index (χ4v) is 2.47. The van der Waals surface area contributed by atoms with Crippen LogP contribution in [0.5, 0.6) is 0 Å². The van der Waals surface area contributed by atoms with E-state index in [2.05, 4.69) is 10.6 Å². The van der Waals surface area contributed by atoms with Gasteiger partial charge in [0, 0.05) is 19.3 Å². The molecule has 1 amide bonds. The highest BCUT2D eigenvalue weighted by atomic mass is 16.6. The minimum Gasteiger partial charge on any atom is -0.444 e. The molecule has 2 N–H and O–H groups in total. The van der Waals surface area contributed by atoms with Gasteiger partial charge in [-0.3, -0.25) is 0 Å². The van der Waals surface area contributed by atoms with Crippen molar-refractivity contribution < 1.29 is 14.3 Å². The lowest BCUT2D eigenvalue weighted by molar-refractivity contribution is 0.0523. The molecule has 0 heterocycles. The molecule has 2 rings (SSSR count). The number of methoxy groups -OCH3 is 1. The van der Waals surface area contributed by atoms with E-state index in [1.165, 1.54) is 12.8 Å². The normalized spacial score (nSPS) is 15.8. The van der Waals surface area contributed by atoms with Crippen molar-refractivity contribution >= 4 is 11.8 Å². The maximum Gasteiger partial charge on any atom is 0.407 e. The van der Waals surface area contributed by atoms with Crippen molar-refractivity contribution in [1.29, 1.82) is 0 Å². The molecule has 1 aromatic rings. The molecule has 5 heteroatoms. The van der Waals surface area contributed by atoms with E-state index in [9.17, 15) is 4.79 Å². The summed E-state index contributed by atoms with van der Waals surface area (Å²) in [6.45, 7) is 6.69. The minimum absolute atomic E-state index is 0.322. The number of hydrogen-bond acceptors (Lipinski definition) is 4. The first-order valence-electron chi connectivity index (χ1n) is 8.19. The molecule has 0 radical (unpaired) electrons. The first kappa shape index (κ1) is 17.6. The fraction of sp³-hybridized carbons (Fsp3) is 0.611. The van der Waals surface area contributed by atoms with Crippen molar-refractivity contribution in [2.75, 3.05) is 19.0 Å². The summed E-state index contributed by atoms with van der Waals surface area (Å²) in [5.41, 5.74) is 1.59. The topological polar surface area (TPSA) is 59.6 Å². The predicted molar refractivity (Wildman–Crippen MR) is 91.5 cm³/mol. The van der Waals surface area contributed by atoms with Crippen molar-refractivity contribution in [3.63, 3.8) is 0 Å². The van der Waals surface area contributed by atoms with E-state index < -0.39 is 11.7 Å². The zero-order valence-corrected chi connectivity index (χ0v) is 14.5. The van der Waals surface area contributed by atoms with Crippen LogP contribution in [0.1, 0.15) is 39.2 Å². The minimum atomic E-state index is -0.489. The number of anilines is 1. The molecule has 1 aliphatic rings. The second-order valence-corrected chi connectivity index (χ2v) is 7.06. The molecule has 128 valence electrons. The molecule has 1 unspecified atom stereocenters. The third-order valence-corrected chi connectivity index (χ3v) is 3.72. The van der Waals surface area contributed by atoms with Crippen LogP contribution in [0.4, 0.5) is 10.5 Å². The quantitative estimate of drug-likeness (QED) is 0.806. The average Bonchev–Trinajstić information content (AvgIpc) is 3.28. The van der Waals surface area contributed by atoms with Crippen LogP contribution in [0.2, 0.25) is 0 Å². The maximum absolute atomic E-state index is 11.8. The van der Waals surface area contributed by atoms with Crippen LogP contribution in [-0.2, 0) is 16.0 Å². The van der Waals surface area contributed by atoms with Crippen LogP contribution in [-0.4, -0.2) is 31.5 Å². The molecule has 0 aromatic heterocycles. The summed E-state index contributed by atoms with van der Waals surface area (Å²) in [6.07, 6.45) is 2.10. The summed E-state index contributed by atoms with van der Waals surface area (Å²) in [4.78, 5) is 11.8. The molecule has 1 fully saturated rings. The standard InChI is InChI=1S/C18H28N2O3/c1-18(2,3)23-17(21)19-11-14-7-5-6-8-15(14)20-16(12-22-4)13-9-10-13/h5-8,13,16,20H,9-12H2,1-4H3,(H,19,21). The van der Waals surface area contributed by atoms with E-state index >= 15 is 0 Å². The Labute approximate surface area is 138 Å². The van der Waals surface area contributed by atoms with Gasteiger partial charge in [-0.05, 0) is 51.2 Å². The van der Waals surface area contributed by atoms with Crippen LogP contribution in [0.3, 0.4) is 0 Å². The number of para-hydroxylation sites is 1. The highest BCUT2D eigenvalue weighted by Crippen LogP contribution is 2.34. The summed E-state index contributed by atoms with van der Waals surface area (Å²) >= 11 is 0. The molecule has 23 heavy (non-hydrogen) atoms. The number of rotatable bonds is 7. The first-order chi connectivity index (χ1) is 10.9. The van der Waals surface area contributed by atoms with Crippen LogP contribution in [0.15, 0.2) is 24.3 Å². The number of alkyl carbamates (subject to hydrolysis) is 1. The van der Waals surface area contributed by atoms with Gasteiger partial charge >= 0.3 is 6.09 Å². The lowest BCUT2D eigenvalue weighted by Gasteiger charge is -2.22. The molecule has 1 saturated carbocycles. The predicted octanol–water partition coefficient (Wildman–Crippen LogP) is 3.55. The average molecular weight is 320 g/mol. The van der Waals surface area contributed by atoms with Gasteiger partial charge in [0.05, 0.1) is 12.6 Å². The zero-order chi connectivity index (χ0) is 16.9. The van der Waals surface area contributed by atoms with Gasteiger partial charge in [-0.15, -0.1) is 0 Å². The van der Waals surface area contributed by atoms with Gasteiger partial charge in [-0.1, -0.05) is 18.2 Å². The second-order valence-electron chi connectivity index (χ2n) is 7.06. The largest absolute Gasteiger partial charge is 0.444 e. The summed E-state index contributed by atoms with van der Waals surface area (Å²) < 4.78 is 10.6.